The van der Waals surface area contributed by atoms with Gasteiger partial charge in [-0.2, -0.15) is 4.31 Å². The quantitative estimate of drug-likeness (QED) is 0.658. The van der Waals surface area contributed by atoms with E-state index in [0.29, 0.717) is 34.7 Å². The highest BCUT2D eigenvalue weighted by atomic mass is 35.5. The standard InChI is InChI=1S/C15H15ClN4O2S3/c1-10-8-11-14(17-9-18-15(11)23-10)19-4-6-20(7-5-19)25(21,22)13-3-2-12(16)24-13/h2-3,8-9H,4-7H2,1H3. The number of aromatic nitrogens is 2. The van der Waals surface area contributed by atoms with Crippen LogP contribution in [0.4, 0.5) is 5.82 Å². The third-order valence-electron chi connectivity index (χ3n) is 4.11. The molecule has 10 heteroatoms. The molecule has 3 aromatic heterocycles. The maximum Gasteiger partial charge on any atom is 0.252 e. The lowest BCUT2D eigenvalue weighted by Crippen LogP contribution is -2.48. The number of anilines is 1. The van der Waals surface area contributed by atoms with Crippen LogP contribution in [0.3, 0.4) is 0 Å². The summed E-state index contributed by atoms with van der Waals surface area (Å²) in [7, 11) is -3.48. The Morgan fingerprint density at radius 3 is 2.56 bits per heavy atom. The molecular weight excluding hydrogens is 400 g/mol. The van der Waals surface area contributed by atoms with Crippen molar-refractivity contribution < 1.29 is 8.42 Å². The summed E-state index contributed by atoms with van der Waals surface area (Å²) >= 11 is 8.61. The first kappa shape index (κ1) is 17.2. The van der Waals surface area contributed by atoms with Gasteiger partial charge in [0.1, 0.15) is 21.2 Å². The molecular formula is C15H15ClN4O2S3. The molecule has 0 atom stereocenters. The molecule has 0 N–H and O–H groups in total. The molecule has 1 saturated heterocycles. The highest BCUT2D eigenvalue weighted by Crippen LogP contribution is 2.32. The first-order chi connectivity index (χ1) is 11.9. The van der Waals surface area contributed by atoms with Gasteiger partial charge in [-0.15, -0.1) is 22.7 Å². The van der Waals surface area contributed by atoms with E-state index >= 15 is 0 Å². The molecule has 0 aromatic carbocycles. The molecule has 0 unspecified atom stereocenters. The Bertz CT molecular complexity index is 1020. The van der Waals surface area contributed by atoms with Crippen molar-refractivity contribution in [2.24, 2.45) is 0 Å². The van der Waals surface area contributed by atoms with Crippen LogP contribution in [0.25, 0.3) is 10.2 Å². The molecule has 3 aromatic rings. The van der Waals surface area contributed by atoms with Crippen molar-refractivity contribution in [2.45, 2.75) is 11.1 Å². The topological polar surface area (TPSA) is 66.4 Å². The summed E-state index contributed by atoms with van der Waals surface area (Å²) in [6.45, 7) is 4.09. The van der Waals surface area contributed by atoms with E-state index in [1.54, 1.807) is 29.8 Å². The molecule has 1 aliphatic heterocycles. The number of sulfonamides is 1. The summed E-state index contributed by atoms with van der Waals surface area (Å²) < 4.78 is 27.7. The van der Waals surface area contributed by atoms with Crippen LogP contribution in [0.2, 0.25) is 4.34 Å². The number of fused-ring (bicyclic) bond motifs is 1. The Kier molecular flexibility index (Phi) is 4.45. The number of halogens is 1. The lowest BCUT2D eigenvalue weighted by Gasteiger charge is -2.34. The summed E-state index contributed by atoms with van der Waals surface area (Å²) in [6.07, 6.45) is 1.57. The van der Waals surface area contributed by atoms with Crippen molar-refractivity contribution >= 4 is 60.3 Å². The predicted molar refractivity (Wildman–Crippen MR) is 102 cm³/mol. The first-order valence-corrected chi connectivity index (χ1v) is 11.1. The molecule has 25 heavy (non-hydrogen) atoms. The number of hydrogen-bond acceptors (Lipinski definition) is 7. The van der Waals surface area contributed by atoms with E-state index in [2.05, 4.69) is 20.9 Å². The Morgan fingerprint density at radius 2 is 1.88 bits per heavy atom. The summed E-state index contributed by atoms with van der Waals surface area (Å²) in [5, 5.41) is 1.03. The van der Waals surface area contributed by atoms with E-state index in [1.165, 1.54) is 9.18 Å². The minimum atomic E-state index is -3.48. The molecule has 0 aliphatic carbocycles. The van der Waals surface area contributed by atoms with Gasteiger partial charge in [0.25, 0.3) is 10.0 Å². The summed E-state index contributed by atoms with van der Waals surface area (Å²) in [5.74, 6) is 0.880. The fraction of sp³-hybridized carbons (Fsp3) is 0.333. The van der Waals surface area contributed by atoms with Gasteiger partial charge in [-0.1, -0.05) is 11.6 Å². The van der Waals surface area contributed by atoms with Crippen molar-refractivity contribution in [3.63, 3.8) is 0 Å². The van der Waals surface area contributed by atoms with Crippen LogP contribution in [-0.4, -0.2) is 48.9 Å². The Hall–Kier alpha value is -1.26. The molecule has 0 radical (unpaired) electrons. The molecule has 1 fully saturated rings. The van der Waals surface area contributed by atoms with Gasteiger partial charge < -0.3 is 4.90 Å². The highest BCUT2D eigenvalue weighted by Gasteiger charge is 2.30. The minimum absolute atomic E-state index is 0.295. The molecule has 0 bridgehead atoms. The normalized spacial score (nSPS) is 16.6. The second-order valence-corrected chi connectivity index (χ2v) is 10.8. The van der Waals surface area contributed by atoms with Gasteiger partial charge >= 0.3 is 0 Å². The van der Waals surface area contributed by atoms with E-state index in [0.717, 1.165) is 27.4 Å². The Morgan fingerprint density at radius 1 is 1.12 bits per heavy atom. The largest absolute Gasteiger partial charge is 0.353 e. The molecule has 0 spiro atoms. The predicted octanol–water partition coefficient (Wildman–Crippen LogP) is 3.23. The van der Waals surface area contributed by atoms with Gasteiger partial charge in [0.05, 0.1) is 9.72 Å². The average Bonchev–Trinajstić information content (AvgIpc) is 3.19. The summed E-state index contributed by atoms with van der Waals surface area (Å²) in [4.78, 5) is 13.0. The van der Waals surface area contributed by atoms with Gasteiger partial charge in [-0.05, 0) is 25.1 Å². The fourth-order valence-electron chi connectivity index (χ4n) is 2.92. The first-order valence-electron chi connectivity index (χ1n) is 7.67. The van der Waals surface area contributed by atoms with Crippen molar-refractivity contribution in [1.29, 1.82) is 0 Å². The molecule has 0 amide bonds. The number of aryl methyl sites for hydroxylation is 1. The fourth-order valence-corrected chi connectivity index (χ4v) is 6.82. The summed E-state index contributed by atoms with van der Waals surface area (Å²) in [5.41, 5.74) is 0. The molecule has 4 rings (SSSR count). The lowest BCUT2D eigenvalue weighted by atomic mass is 10.3. The van der Waals surface area contributed by atoms with Gasteiger partial charge in [-0.3, -0.25) is 0 Å². The van der Waals surface area contributed by atoms with Crippen LogP contribution < -0.4 is 4.90 Å². The average molecular weight is 415 g/mol. The zero-order valence-electron chi connectivity index (χ0n) is 13.3. The number of nitrogens with zero attached hydrogens (tertiary/aromatic N) is 4. The van der Waals surface area contributed by atoms with Gasteiger partial charge in [0.2, 0.25) is 0 Å². The van der Waals surface area contributed by atoms with Crippen LogP contribution in [0.15, 0.2) is 28.7 Å². The van der Waals surface area contributed by atoms with Crippen LogP contribution in [-0.2, 0) is 10.0 Å². The van der Waals surface area contributed by atoms with Gasteiger partial charge in [-0.25, -0.2) is 18.4 Å². The third-order valence-corrected chi connectivity index (χ3v) is 8.67. The molecule has 0 saturated carbocycles. The van der Waals surface area contributed by atoms with Crippen LogP contribution in [0, 0.1) is 6.92 Å². The Balaban J connectivity index is 1.55. The summed E-state index contributed by atoms with van der Waals surface area (Å²) in [6, 6.07) is 5.27. The minimum Gasteiger partial charge on any atom is -0.353 e. The zero-order chi connectivity index (χ0) is 17.6. The zero-order valence-corrected chi connectivity index (χ0v) is 16.6. The second-order valence-electron chi connectivity index (χ2n) is 5.72. The number of piperazine rings is 1. The molecule has 4 heterocycles. The highest BCUT2D eigenvalue weighted by molar-refractivity contribution is 7.91. The van der Waals surface area contributed by atoms with E-state index in [-0.39, 0.29) is 0 Å². The van der Waals surface area contributed by atoms with E-state index in [9.17, 15) is 8.42 Å². The molecule has 6 nitrogen and oxygen atoms in total. The van der Waals surface area contributed by atoms with Crippen molar-refractivity contribution in [3.05, 3.63) is 33.7 Å². The van der Waals surface area contributed by atoms with Crippen molar-refractivity contribution in [3.8, 4) is 0 Å². The second kappa shape index (κ2) is 6.48. The van der Waals surface area contributed by atoms with E-state index < -0.39 is 10.0 Å². The lowest BCUT2D eigenvalue weighted by molar-refractivity contribution is 0.385. The van der Waals surface area contributed by atoms with Crippen molar-refractivity contribution in [1.82, 2.24) is 14.3 Å². The third kappa shape index (κ3) is 3.15. The van der Waals surface area contributed by atoms with Gasteiger partial charge in [0, 0.05) is 31.1 Å². The number of hydrogen-bond donors (Lipinski definition) is 0. The molecule has 132 valence electrons. The maximum atomic E-state index is 12.7. The van der Waals surface area contributed by atoms with E-state index in [4.69, 9.17) is 11.6 Å². The molecule has 1 aliphatic rings. The SMILES string of the molecule is Cc1cc2c(N3CCN(S(=O)(=O)c4ccc(Cl)s4)CC3)ncnc2s1. The Labute approximate surface area is 158 Å². The van der Waals surface area contributed by atoms with Crippen LogP contribution in [0.1, 0.15) is 4.88 Å². The van der Waals surface area contributed by atoms with Crippen LogP contribution in [0.5, 0.6) is 0 Å². The number of rotatable bonds is 3. The maximum absolute atomic E-state index is 12.7. The van der Waals surface area contributed by atoms with E-state index in [1.807, 2.05) is 6.92 Å². The smallest absolute Gasteiger partial charge is 0.252 e. The van der Waals surface area contributed by atoms with Crippen molar-refractivity contribution in [2.75, 3.05) is 31.1 Å². The van der Waals surface area contributed by atoms with Crippen LogP contribution >= 0.6 is 34.3 Å². The number of thiophene rings is 2. The van der Waals surface area contributed by atoms with Gasteiger partial charge in [0.15, 0.2) is 0 Å². The monoisotopic (exact) mass is 414 g/mol.